The molecule has 1 fully saturated rings. The lowest BCUT2D eigenvalue weighted by Gasteiger charge is -2.54. The van der Waals surface area contributed by atoms with E-state index in [1.54, 1.807) is 9.34 Å². The monoisotopic (exact) mass is 280 g/mol. The zero-order chi connectivity index (χ0) is 14.0. The zero-order valence-corrected chi connectivity index (χ0v) is 12.8. The number of hydrogen-bond acceptors (Lipinski definition) is 2. The average molecular weight is 280 g/mol. The molecule has 2 rings (SSSR count). The normalized spacial score (nSPS) is 17.6. The Morgan fingerprint density at radius 1 is 1.11 bits per heavy atom. The largest absolute Gasteiger partial charge is 0.332 e. The molecular weight excluding hydrogens is 259 g/mol. The van der Waals surface area contributed by atoms with Gasteiger partial charge in [-0.1, -0.05) is 32.0 Å². The van der Waals surface area contributed by atoms with E-state index in [1.807, 2.05) is 44.4 Å². The lowest BCUT2D eigenvalue weighted by molar-refractivity contribution is 0.190. The summed E-state index contributed by atoms with van der Waals surface area (Å²) >= 11 is 0. The number of hydrogen-bond donors (Lipinski definition) is 0. The van der Waals surface area contributed by atoms with Crippen molar-refractivity contribution in [2.24, 2.45) is 4.74 Å². The first kappa shape index (κ1) is 14.1. The van der Waals surface area contributed by atoms with Crippen molar-refractivity contribution in [3.63, 3.8) is 0 Å². The van der Waals surface area contributed by atoms with E-state index in [4.69, 9.17) is 4.74 Å². The van der Waals surface area contributed by atoms with Crippen molar-refractivity contribution in [1.82, 2.24) is 14.0 Å². The van der Waals surface area contributed by atoms with Crippen molar-refractivity contribution in [1.29, 1.82) is 0 Å². The number of carbonyl (C=O) groups excluding carboxylic acids is 1. The fourth-order valence-electron chi connectivity index (χ4n) is 2.43. The molecule has 6 heteroatoms. The molecule has 1 aliphatic rings. The fourth-order valence-corrected chi connectivity index (χ4v) is 5.79. The number of nitrogens with zero attached hydrogens (tertiary/aromatic N) is 4. The minimum atomic E-state index is -2.06. The molecule has 1 saturated heterocycles. The van der Waals surface area contributed by atoms with Crippen LogP contribution in [0.5, 0.6) is 0 Å². The summed E-state index contributed by atoms with van der Waals surface area (Å²) in [6, 6.07) is 9.92. The van der Waals surface area contributed by atoms with Gasteiger partial charge < -0.3 is 0 Å². The molecule has 1 aliphatic heterocycles. The van der Waals surface area contributed by atoms with E-state index in [1.165, 1.54) is 0 Å². The molecule has 0 atom stereocenters. The Labute approximate surface area is 115 Å². The van der Waals surface area contributed by atoms with Crippen molar-refractivity contribution >= 4 is 19.2 Å². The Bertz CT molecular complexity index is 497. The molecule has 0 bridgehead atoms. The molecule has 0 aromatic heterocycles. The van der Waals surface area contributed by atoms with E-state index in [0.29, 0.717) is 0 Å². The topological polar surface area (TPSA) is 39.1 Å². The highest BCUT2D eigenvalue weighted by Crippen LogP contribution is 2.66. The van der Waals surface area contributed by atoms with Crippen LogP contribution in [0.2, 0.25) is 0 Å². The summed E-state index contributed by atoms with van der Waals surface area (Å²) in [5, 5.41) is 0. The second-order valence-electron chi connectivity index (χ2n) is 4.44. The molecule has 0 aliphatic carbocycles. The third kappa shape index (κ3) is 2.07. The van der Waals surface area contributed by atoms with Crippen molar-refractivity contribution in [3.05, 3.63) is 30.3 Å². The molecule has 19 heavy (non-hydrogen) atoms. The van der Waals surface area contributed by atoms with Crippen molar-refractivity contribution < 1.29 is 4.79 Å². The Kier molecular flexibility index (Phi) is 3.97. The minimum absolute atomic E-state index is 0.0416. The lowest BCUT2D eigenvalue weighted by atomic mass is 10.3. The first-order chi connectivity index (χ1) is 9.07. The van der Waals surface area contributed by atoms with E-state index >= 15 is 0 Å². The van der Waals surface area contributed by atoms with Gasteiger partial charge >= 0.3 is 6.03 Å². The molecule has 5 nitrogen and oxygen atoms in total. The van der Waals surface area contributed by atoms with Crippen LogP contribution < -0.4 is 0 Å². The van der Waals surface area contributed by atoms with Gasteiger partial charge in [-0.3, -0.25) is 9.34 Å². The first-order valence-electron chi connectivity index (χ1n) is 6.53. The van der Waals surface area contributed by atoms with E-state index in [-0.39, 0.29) is 6.03 Å². The van der Waals surface area contributed by atoms with Crippen molar-refractivity contribution in [2.75, 3.05) is 27.2 Å². The first-order valence-corrected chi connectivity index (χ1v) is 8.13. The average Bonchev–Trinajstić information content (AvgIpc) is 2.46. The second kappa shape index (κ2) is 5.35. The van der Waals surface area contributed by atoms with Crippen LogP contribution >= 0.6 is 7.51 Å². The van der Waals surface area contributed by atoms with Crippen molar-refractivity contribution in [3.8, 4) is 0 Å². The Morgan fingerprint density at radius 3 is 2.11 bits per heavy atom. The van der Waals surface area contributed by atoms with Crippen LogP contribution in [0.3, 0.4) is 0 Å². The van der Waals surface area contributed by atoms with Gasteiger partial charge in [0.15, 0.2) is 0 Å². The summed E-state index contributed by atoms with van der Waals surface area (Å²) in [7, 11) is 1.63. The van der Waals surface area contributed by atoms with Gasteiger partial charge in [0.2, 0.25) is 7.51 Å². The minimum Gasteiger partial charge on any atom is -0.265 e. The fraction of sp³-hybridized carbons (Fsp3) is 0.462. The SMILES string of the molecule is CCN(CC)P1(=Nc2ccccc2)N(C)C(=O)N1C. The Hall–Kier alpha value is -1.32. The van der Waals surface area contributed by atoms with Crippen LogP contribution in [0.15, 0.2) is 35.1 Å². The molecule has 1 aromatic rings. The van der Waals surface area contributed by atoms with E-state index in [9.17, 15) is 4.79 Å². The molecule has 0 unspecified atom stereocenters. The molecule has 0 saturated carbocycles. The molecular formula is C13H21N4OP. The third-order valence-corrected chi connectivity index (χ3v) is 7.25. The van der Waals surface area contributed by atoms with E-state index < -0.39 is 7.51 Å². The number of urea groups is 1. The number of benzene rings is 1. The standard InChI is InChI=1S/C13H21N4OP/c1-5-17(6-2)19(15(3)13(18)16(19)4)14-12-10-8-7-9-11-12/h7-11H,5-6H2,1-4H3. The number of carbonyl (C=O) groups is 1. The quantitative estimate of drug-likeness (QED) is 0.790. The summed E-state index contributed by atoms with van der Waals surface area (Å²) in [6.07, 6.45) is 0. The number of rotatable bonds is 4. The predicted molar refractivity (Wildman–Crippen MR) is 79.3 cm³/mol. The molecule has 0 spiro atoms. The van der Waals surface area contributed by atoms with Crippen LogP contribution in [-0.2, 0) is 0 Å². The highest BCUT2D eigenvalue weighted by atomic mass is 31.2. The van der Waals surface area contributed by atoms with Crippen LogP contribution in [0, 0.1) is 0 Å². The highest BCUT2D eigenvalue weighted by Gasteiger charge is 2.51. The smallest absolute Gasteiger partial charge is 0.265 e. The summed E-state index contributed by atoms with van der Waals surface area (Å²) in [5.74, 6) is 0. The van der Waals surface area contributed by atoms with Gasteiger partial charge in [-0.25, -0.2) is 14.2 Å². The summed E-state index contributed by atoms with van der Waals surface area (Å²) < 4.78 is 10.8. The highest BCUT2D eigenvalue weighted by molar-refractivity contribution is 7.63. The molecule has 1 aromatic carbocycles. The predicted octanol–water partition coefficient (Wildman–Crippen LogP) is 3.60. The maximum absolute atomic E-state index is 11.9. The van der Waals surface area contributed by atoms with Crippen LogP contribution in [-0.4, -0.2) is 47.2 Å². The molecule has 0 radical (unpaired) electrons. The van der Waals surface area contributed by atoms with Crippen molar-refractivity contribution in [2.45, 2.75) is 13.8 Å². The summed E-state index contributed by atoms with van der Waals surface area (Å²) in [5.41, 5.74) is 0.925. The Morgan fingerprint density at radius 2 is 1.63 bits per heavy atom. The second-order valence-corrected chi connectivity index (χ2v) is 7.48. The van der Waals surface area contributed by atoms with Crippen LogP contribution in [0.4, 0.5) is 10.5 Å². The molecule has 1 heterocycles. The molecule has 2 amide bonds. The maximum atomic E-state index is 11.9. The molecule has 104 valence electrons. The van der Waals surface area contributed by atoms with Gasteiger partial charge in [0, 0.05) is 27.2 Å². The van der Waals surface area contributed by atoms with Gasteiger partial charge in [0.1, 0.15) is 0 Å². The van der Waals surface area contributed by atoms with Gasteiger partial charge in [0.25, 0.3) is 0 Å². The van der Waals surface area contributed by atoms with Crippen LogP contribution in [0.25, 0.3) is 0 Å². The summed E-state index contributed by atoms with van der Waals surface area (Å²) in [6.45, 7) is 5.97. The Balaban J connectivity index is 2.53. The van der Waals surface area contributed by atoms with Gasteiger partial charge in [0.05, 0.1) is 5.69 Å². The van der Waals surface area contributed by atoms with E-state index in [0.717, 1.165) is 18.8 Å². The molecule has 0 N–H and O–H groups in total. The number of amides is 2. The van der Waals surface area contributed by atoms with Crippen LogP contribution in [0.1, 0.15) is 13.8 Å². The van der Waals surface area contributed by atoms with Gasteiger partial charge in [-0.05, 0) is 12.1 Å². The lowest BCUT2D eigenvalue weighted by Crippen LogP contribution is -2.54. The zero-order valence-electron chi connectivity index (χ0n) is 11.9. The van der Waals surface area contributed by atoms with Gasteiger partial charge in [-0.15, -0.1) is 0 Å². The summed E-state index contributed by atoms with van der Waals surface area (Å²) in [4.78, 5) is 11.9. The van der Waals surface area contributed by atoms with Gasteiger partial charge in [-0.2, -0.15) is 0 Å². The maximum Gasteiger partial charge on any atom is 0.332 e. The third-order valence-electron chi connectivity index (χ3n) is 3.47. The van der Waals surface area contributed by atoms with E-state index in [2.05, 4.69) is 18.5 Å².